The normalized spacial score (nSPS) is 14.9. The number of carbonyl (C=O) groups is 1. The van der Waals surface area contributed by atoms with E-state index in [1.807, 2.05) is 6.07 Å². The van der Waals surface area contributed by atoms with Crippen molar-refractivity contribution in [3.63, 3.8) is 0 Å². The topological polar surface area (TPSA) is 102 Å². The van der Waals surface area contributed by atoms with Crippen LogP contribution in [0.5, 0.6) is 11.8 Å². The minimum Gasteiger partial charge on any atom is -0.421 e. The number of nitrogens with two attached hydrogens (primary N) is 1. The number of ether oxygens (including phenoxy) is 1. The van der Waals surface area contributed by atoms with E-state index in [9.17, 15) is 9.18 Å². The van der Waals surface area contributed by atoms with Crippen molar-refractivity contribution in [2.24, 2.45) is 12.8 Å². The number of piperazine rings is 1. The van der Waals surface area contributed by atoms with E-state index in [1.165, 1.54) is 6.07 Å². The molecule has 2 aromatic carbocycles. The van der Waals surface area contributed by atoms with Crippen molar-refractivity contribution in [3.8, 4) is 11.8 Å². The van der Waals surface area contributed by atoms with Crippen molar-refractivity contribution in [2.45, 2.75) is 0 Å². The summed E-state index contributed by atoms with van der Waals surface area (Å²) in [7, 11) is 3.78. The van der Waals surface area contributed by atoms with Crippen molar-refractivity contribution < 1.29 is 13.9 Å². The van der Waals surface area contributed by atoms with Gasteiger partial charge in [-0.05, 0) is 25.2 Å². The number of hydrogen-bond acceptors (Lipinski definition) is 7. The quantitative estimate of drug-likeness (QED) is 0.525. The third kappa shape index (κ3) is 3.48. The Labute approximate surface area is 183 Å². The highest BCUT2D eigenvalue weighted by Gasteiger charge is 2.19. The van der Waals surface area contributed by atoms with E-state index in [0.717, 1.165) is 37.3 Å². The Morgan fingerprint density at radius 3 is 2.62 bits per heavy atom. The summed E-state index contributed by atoms with van der Waals surface area (Å²) in [5, 5.41) is 5.51. The molecule has 164 valence electrons. The fourth-order valence-electron chi connectivity index (χ4n) is 4.00. The van der Waals surface area contributed by atoms with Gasteiger partial charge < -0.3 is 20.3 Å². The highest BCUT2D eigenvalue weighted by Crippen LogP contribution is 2.30. The maximum atomic E-state index is 14.8. The number of fused-ring (bicyclic) bond motifs is 3. The van der Waals surface area contributed by atoms with E-state index >= 15 is 0 Å². The van der Waals surface area contributed by atoms with Gasteiger partial charge in [0.2, 0.25) is 0 Å². The van der Waals surface area contributed by atoms with Crippen molar-refractivity contribution in [3.05, 3.63) is 48.0 Å². The molecule has 1 fully saturated rings. The SMILES string of the molecule is CN1CCN(c2ccc(Oc3ncc4ccc5c(C(N)=O)nn(C)c5c4n3)c(F)c2)CC1. The van der Waals surface area contributed by atoms with E-state index in [-0.39, 0.29) is 17.5 Å². The Kier molecular flexibility index (Phi) is 4.86. The van der Waals surface area contributed by atoms with Crippen molar-refractivity contribution in [1.82, 2.24) is 24.6 Å². The van der Waals surface area contributed by atoms with Crippen LogP contribution in [-0.4, -0.2) is 63.8 Å². The Morgan fingerprint density at radius 1 is 1.12 bits per heavy atom. The number of benzene rings is 2. The Morgan fingerprint density at radius 2 is 1.91 bits per heavy atom. The molecule has 2 N–H and O–H groups in total. The van der Waals surface area contributed by atoms with E-state index in [4.69, 9.17) is 10.5 Å². The fraction of sp³-hybridized carbons (Fsp3) is 0.273. The lowest BCUT2D eigenvalue weighted by Crippen LogP contribution is -2.44. The molecule has 0 unspecified atom stereocenters. The highest BCUT2D eigenvalue weighted by atomic mass is 19.1. The number of hydrogen-bond donors (Lipinski definition) is 1. The summed E-state index contributed by atoms with van der Waals surface area (Å²) < 4.78 is 22.0. The molecular formula is C22H22FN7O2. The molecule has 9 nitrogen and oxygen atoms in total. The fourth-order valence-corrected chi connectivity index (χ4v) is 4.00. The van der Waals surface area contributed by atoms with E-state index in [2.05, 4.69) is 31.9 Å². The van der Waals surface area contributed by atoms with Crippen molar-refractivity contribution in [2.75, 3.05) is 38.1 Å². The van der Waals surface area contributed by atoms with Crippen LogP contribution < -0.4 is 15.4 Å². The molecule has 0 radical (unpaired) electrons. The van der Waals surface area contributed by atoms with Crippen LogP contribution in [-0.2, 0) is 7.05 Å². The highest BCUT2D eigenvalue weighted by molar-refractivity contribution is 6.11. The first-order valence-electron chi connectivity index (χ1n) is 10.2. The zero-order valence-corrected chi connectivity index (χ0v) is 17.7. The molecule has 5 rings (SSSR count). The third-order valence-corrected chi connectivity index (χ3v) is 5.75. The number of carbonyl (C=O) groups excluding carboxylic acids is 1. The molecule has 0 saturated carbocycles. The average molecular weight is 435 g/mol. The van der Waals surface area contributed by atoms with Crippen molar-refractivity contribution >= 4 is 33.4 Å². The van der Waals surface area contributed by atoms with Crippen LogP contribution >= 0.6 is 0 Å². The van der Waals surface area contributed by atoms with Crippen LogP contribution in [0.4, 0.5) is 10.1 Å². The number of nitrogens with zero attached hydrogens (tertiary/aromatic N) is 6. The number of primary amides is 1. The third-order valence-electron chi connectivity index (χ3n) is 5.75. The Hall–Kier alpha value is -3.79. The lowest BCUT2D eigenvalue weighted by atomic mass is 10.1. The number of likely N-dealkylation sites (N-methyl/N-ethyl adjacent to an activating group) is 1. The molecule has 1 amide bonds. The summed E-state index contributed by atoms with van der Waals surface area (Å²) in [6.45, 7) is 3.56. The smallest absolute Gasteiger partial charge is 0.322 e. The lowest BCUT2D eigenvalue weighted by Gasteiger charge is -2.34. The second-order valence-electron chi connectivity index (χ2n) is 7.90. The number of amides is 1. The summed E-state index contributed by atoms with van der Waals surface area (Å²) in [4.78, 5) is 24.8. The second kappa shape index (κ2) is 7.72. The van der Waals surface area contributed by atoms with Gasteiger partial charge in [-0.3, -0.25) is 9.48 Å². The molecule has 1 aliphatic heterocycles. The summed E-state index contributed by atoms with van der Waals surface area (Å²) in [5.41, 5.74) is 7.57. The molecule has 4 aromatic rings. The first-order chi connectivity index (χ1) is 15.4. The van der Waals surface area contributed by atoms with Crippen LogP contribution in [0.2, 0.25) is 0 Å². The largest absolute Gasteiger partial charge is 0.421 e. The van der Waals surface area contributed by atoms with Gasteiger partial charge in [-0.1, -0.05) is 6.07 Å². The summed E-state index contributed by atoms with van der Waals surface area (Å²) in [5.74, 6) is -1.07. The van der Waals surface area contributed by atoms with Gasteiger partial charge in [0.15, 0.2) is 17.3 Å². The molecular weight excluding hydrogens is 413 g/mol. The second-order valence-corrected chi connectivity index (χ2v) is 7.90. The molecule has 1 saturated heterocycles. The number of aromatic nitrogens is 4. The Bertz CT molecular complexity index is 1350. The minimum absolute atomic E-state index is 0.00178. The monoisotopic (exact) mass is 435 g/mol. The molecule has 10 heteroatoms. The van der Waals surface area contributed by atoms with Gasteiger partial charge in [-0.15, -0.1) is 0 Å². The van der Waals surface area contributed by atoms with Crippen molar-refractivity contribution in [1.29, 1.82) is 0 Å². The number of rotatable bonds is 4. The van der Waals surface area contributed by atoms with Crippen LogP contribution in [0.1, 0.15) is 10.5 Å². The van der Waals surface area contributed by atoms with Gasteiger partial charge in [0.25, 0.3) is 5.91 Å². The standard InChI is InChI=1S/C22H22FN7O2/c1-28-7-9-30(10-8-28)14-4-6-17(16(23)11-14)32-22-25-12-13-3-5-15-19(21(24)31)27-29(2)20(15)18(13)26-22/h3-6,11-12H,7-10H2,1-2H3,(H2,24,31). The zero-order chi connectivity index (χ0) is 22.4. The summed E-state index contributed by atoms with van der Waals surface area (Å²) in [6, 6.07) is 8.43. The number of aryl methyl sites for hydroxylation is 1. The van der Waals surface area contributed by atoms with Gasteiger partial charge in [0.1, 0.15) is 5.52 Å². The molecule has 1 aliphatic rings. The van der Waals surface area contributed by atoms with E-state index in [1.54, 1.807) is 36.1 Å². The molecule has 3 heterocycles. The molecule has 0 spiro atoms. The molecule has 0 bridgehead atoms. The molecule has 2 aromatic heterocycles. The minimum atomic E-state index is -0.622. The average Bonchev–Trinajstić information content (AvgIpc) is 3.13. The number of halogens is 1. The zero-order valence-electron chi connectivity index (χ0n) is 17.7. The predicted octanol–water partition coefficient (Wildman–Crippen LogP) is 2.30. The molecule has 0 atom stereocenters. The van der Waals surface area contributed by atoms with E-state index < -0.39 is 11.7 Å². The number of anilines is 1. The first-order valence-corrected chi connectivity index (χ1v) is 10.2. The van der Waals surface area contributed by atoms with Crippen LogP contribution in [0.15, 0.2) is 36.5 Å². The van der Waals surface area contributed by atoms with Gasteiger partial charge >= 0.3 is 6.01 Å². The van der Waals surface area contributed by atoms with Gasteiger partial charge in [-0.25, -0.2) is 9.37 Å². The predicted molar refractivity (Wildman–Crippen MR) is 119 cm³/mol. The van der Waals surface area contributed by atoms with Crippen LogP contribution in [0.25, 0.3) is 21.8 Å². The lowest BCUT2D eigenvalue weighted by molar-refractivity contribution is 0.0996. The summed E-state index contributed by atoms with van der Waals surface area (Å²) in [6.07, 6.45) is 1.59. The maximum Gasteiger partial charge on any atom is 0.322 e. The maximum absolute atomic E-state index is 14.8. The van der Waals surface area contributed by atoms with E-state index in [0.29, 0.717) is 16.4 Å². The van der Waals surface area contributed by atoms with Gasteiger partial charge in [0, 0.05) is 61.9 Å². The van der Waals surface area contributed by atoms with Gasteiger partial charge in [0.05, 0.1) is 5.52 Å². The Balaban J connectivity index is 1.47. The van der Waals surface area contributed by atoms with Crippen LogP contribution in [0.3, 0.4) is 0 Å². The molecule has 0 aliphatic carbocycles. The molecule has 32 heavy (non-hydrogen) atoms. The summed E-state index contributed by atoms with van der Waals surface area (Å²) >= 11 is 0. The van der Waals surface area contributed by atoms with Gasteiger partial charge in [-0.2, -0.15) is 10.1 Å². The van der Waals surface area contributed by atoms with Crippen LogP contribution in [0, 0.1) is 5.82 Å². The first kappa shape index (κ1) is 20.1.